The number of halogens is 2. The first-order valence-electron chi connectivity index (χ1n) is 6.01. The Bertz CT molecular complexity index is 734. The van der Waals surface area contributed by atoms with Crippen LogP contribution in [0.1, 0.15) is 11.1 Å². The molecule has 0 spiro atoms. The van der Waals surface area contributed by atoms with Gasteiger partial charge < -0.3 is 5.73 Å². The van der Waals surface area contributed by atoms with Gasteiger partial charge in [0.2, 0.25) is 0 Å². The highest BCUT2D eigenvalue weighted by atomic mass is 32.2. The standard InChI is InChI=1S/C13H13F2N3O2S/c14-11-2-3-12(15)10(5-11)8-18-21(19,20)13-4-1-9(6-16)7-17-13/h1-5,7,18H,6,8,16H2. The smallest absolute Gasteiger partial charge is 0.258 e. The lowest BCUT2D eigenvalue weighted by atomic mass is 10.2. The van der Waals surface area contributed by atoms with Gasteiger partial charge in [0.15, 0.2) is 5.03 Å². The maximum Gasteiger partial charge on any atom is 0.258 e. The van der Waals surface area contributed by atoms with E-state index in [0.29, 0.717) is 5.56 Å². The van der Waals surface area contributed by atoms with Crippen molar-refractivity contribution in [1.82, 2.24) is 9.71 Å². The first kappa shape index (κ1) is 15.5. The van der Waals surface area contributed by atoms with Gasteiger partial charge in [-0.2, -0.15) is 0 Å². The van der Waals surface area contributed by atoms with Gasteiger partial charge in [0.25, 0.3) is 10.0 Å². The Hall–Kier alpha value is -1.90. The molecule has 5 nitrogen and oxygen atoms in total. The van der Waals surface area contributed by atoms with Crippen molar-refractivity contribution >= 4 is 10.0 Å². The van der Waals surface area contributed by atoms with Crippen molar-refractivity contribution < 1.29 is 17.2 Å². The average Bonchev–Trinajstić information content (AvgIpc) is 2.48. The highest BCUT2D eigenvalue weighted by Crippen LogP contribution is 2.11. The summed E-state index contributed by atoms with van der Waals surface area (Å²) in [5, 5.41) is -0.212. The van der Waals surface area contributed by atoms with Crippen LogP contribution < -0.4 is 10.5 Å². The summed E-state index contributed by atoms with van der Waals surface area (Å²) in [4.78, 5) is 3.78. The van der Waals surface area contributed by atoms with E-state index in [-0.39, 0.29) is 23.7 Å². The van der Waals surface area contributed by atoms with Crippen LogP contribution in [-0.4, -0.2) is 13.4 Å². The van der Waals surface area contributed by atoms with Crippen molar-refractivity contribution in [3.63, 3.8) is 0 Å². The summed E-state index contributed by atoms with van der Waals surface area (Å²) in [5.74, 6) is -1.33. The third-order valence-corrected chi connectivity index (χ3v) is 4.09. The van der Waals surface area contributed by atoms with Crippen LogP contribution >= 0.6 is 0 Å². The molecule has 0 saturated heterocycles. The summed E-state index contributed by atoms with van der Waals surface area (Å²) in [6.07, 6.45) is 1.34. The van der Waals surface area contributed by atoms with Gasteiger partial charge in [-0.3, -0.25) is 0 Å². The zero-order valence-corrected chi connectivity index (χ0v) is 11.7. The Morgan fingerprint density at radius 1 is 1.19 bits per heavy atom. The first-order chi connectivity index (χ1) is 9.92. The van der Waals surface area contributed by atoms with Crippen molar-refractivity contribution in [3.05, 3.63) is 59.3 Å². The van der Waals surface area contributed by atoms with Crippen molar-refractivity contribution in [3.8, 4) is 0 Å². The molecular formula is C13H13F2N3O2S. The number of nitrogens with zero attached hydrogens (tertiary/aromatic N) is 1. The molecule has 0 aliphatic heterocycles. The summed E-state index contributed by atoms with van der Waals surface area (Å²) in [6, 6.07) is 5.66. The second-order valence-corrected chi connectivity index (χ2v) is 5.98. The molecule has 0 bridgehead atoms. The molecule has 1 aromatic heterocycles. The van der Waals surface area contributed by atoms with Gasteiger partial charge in [-0.1, -0.05) is 6.07 Å². The Morgan fingerprint density at radius 3 is 2.57 bits per heavy atom. The van der Waals surface area contributed by atoms with Crippen LogP contribution in [0, 0.1) is 11.6 Å². The quantitative estimate of drug-likeness (QED) is 0.871. The van der Waals surface area contributed by atoms with Gasteiger partial charge in [0.05, 0.1) is 0 Å². The highest BCUT2D eigenvalue weighted by molar-refractivity contribution is 7.89. The Balaban J connectivity index is 2.15. The van der Waals surface area contributed by atoms with Gasteiger partial charge in [0, 0.05) is 24.8 Å². The minimum absolute atomic E-state index is 0.0860. The Kier molecular flexibility index (Phi) is 4.61. The number of aromatic nitrogens is 1. The molecule has 21 heavy (non-hydrogen) atoms. The fourth-order valence-corrected chi connectivity index (χ4v) is 2.55. The summed E-state index contributed by atoms with van der Waals surface area (Å²) in [5.41, 5.74) is 5.99. The van der Waals surface area contributed by atoms with Crippen molar-refractivity contribution in [1.29, 1.82) is 0 Å². The molecule has 0 unspecified atom stereocenters. The van der Waals surface area contributed by atoms with Crippen LogP contribution in [0.4, 0.5) is 8.78 Å². The van der Waals surface area contributed by atoms with E-state index in [2.05, 4.69) is 9.71 Å². The zero-order chi connectivity index (χ0) is 15.5. The maximum atomic E-state index is 13.4. The molecule has 2 aromatic rings. The summed E-state index contributed by atoms with van der Waals surface area (Å²) in [7, 11) is -3.90. The average molecular weight is 313 g/mol. The van der Waals surface area contributed by atoms with E-state index in [1.807, 2.05) is 0 Å². The fraction of sp³-hybridized carbons (Fsp3) is 0.154. The molecular weight excluding hydrogens is 300 g/mol. The monoisotopic (exact) mass is 313 g/mol. The van der Waals surface area contributed by atoms with E-state index in [0.717, 1.165) is 18.2 Å². The number of hydrogen-bond acceptors (Lipinski definition) is 4. The number of rotatable bonds is 5. The Labute approximate surface area is 120 Å². The molecule has 0 saturated carbocycles. The molecule has 0 radical (unpaired) electrons. The number of hydrogen-bond donors (Lipinski definition) is 2. The van der Waals surface area contributed by atoms with Crippen LogP contribution in [0.5, 0.6) is 0 Å². The van der Waals surface area contributed by atoms with Crippen LogP contribution in [-0.2, 0) is 23.1 Å². The van der Waals surface area contributed by atoms with E-state index < -0.39 is 21.7 Å². The second-order valence-electron chi connectivity index (χ2n) is 4.27. The topological polar surface area (TPSA) is 85.1 Å². The highest BCUT2D eigenvalue weighted by Gasteiger charge is 2.16. The predicted molar refractivity (Wildman–Crippen MR) is 72.5 cm³/mol. The lowest BCUT2D eigenvalue weighted by Gasteiger charge is -2.07. The zero-order valence-electron chi connectivity index (χ0n) is 10.9. The third-order valence-electron chi connectivity index (χ3n) is 2.77. The summed E-state index contributed by atoms with van der Waals surface area (Å²) in [6.45, 7) is -0.124. The lowest BCUT2D eigenvalue weighted by Crippen LogP contribution is -2.24. The number of nitrogens with one attached hydrogen (secondary N) is 1. The predicted octanol–water partition coefficient (Wildman–Crippen LogP) is 1.30. The number of nitrogens with two attached hydrogens (primary N) is 1. The summed E-state index contributed by atoms with van der Waals surface area (Å²) >= 11 is 0. The molecule has 0 fully saturated rings. The van der Waals surface area contributed by atoms with E-state index in [4.69, 9.17) is 5.73 Å². The number of sulfonamides is 1. The fourth-order valence-electron chi connectivity index (χ4n) is 1.62. The van der Waals surface area contributed by atoms with Gasteiger partial charge in [-0.25, -0.2) is 26.9 Å². The van der Waals surface area contributed by atoms with E-state index in [9.17, 15) is 17.2 Å². The van der Waals surface area contributed by atoms with Gasteiger partial charge in [-0.05, 0) is 29.8 Å². The minimum Gasteiger partial charge on any atom is -0.326 e. The molecule has 3 N–H and O–H groups in total. The number of pyridine rings is 1. The molecule has 1 heterocycles. The molecule has 0 aliphatic rings. The van der Waals surface area contributed by atoms with Crippen LogP contribution in [0.2, 0.25) is 0 Å². The van der Waals surface area contributed by atoms with Gasteiger partial charge >= 0.3 is 0 Å². The number of benzene rings is 1. The summed E-state index contributed by atoms with van der Waals surface area (Å²) < 4.78 is 52.5. The molecule has 112 valence electrons. The van der Waals surface area contributed by atoms with Crippen LogP contribution in [0.15, 0.2) is 41.6 Å². The van der Waals surface area contributed by atoms with Crippen LogP contribution in [0.3, 0.4) is 0 Å². The molecule has 2 rings (SSSR count). The maximum absolute atomic E-state index is 13.4. The normalized spacial score (nSPS) is 11.6. The molecule has 8 heteroatoms. The van der Waals surface area contributed by atoms with E-state index in [1.54, 1.807) is 0 Å². The van der Waals surface area contributed by atoms with Gasteiger partial charge in [-0.15, -0.1) is 0 Å². The largest absolute Gasteiger partial charge is 0.326 e. The van der Waals surface area contributed by atoms with Crippen molar-refractivity contribution in [2.24, 2.45) is 5.73 Å². The SMILES string of the molecule is NCc1ccc(S(=O)(=O)NCc2cc(F)ccc2F)nc1. The molecule has 0 amide bonds. The molecule has 0 aliphatic carbocycles. The Morgan fingerprint density at radius 2 is 1.95 bits per heavy atom. The van der Waals surface area contributed by atoms with Crippen LogP contribution in [0.25, 0.3) is 0 Å². The molecule has 1 aromatic carbocycles. The van der Waals surface area contributed by atoms with E-state index in [1.165, 1.54) is 18.3 Å². The minimum atomic E-state index is -3.90. The van der Waals surface area contributed by atoms with E-state index >= 15 is 0 Å². The first-order valence-corrected chi connectivity index (χ1v) is 7.49. The van der Waals surface area contributed by atoms with Crippen molar-refractivity contribution in [2.45, 2.75) is 18.1 Å². The molecule has 0 atom stereocenters. The third kappa shape index (κ3) is 3.81. The lowest BCUT2D eigenvalue weighted by molar-refractivity contribution is 0.564. The second kappa shape index (κ2) is 6.25. The van der Waals surface area contributed by atoms with Gasteiger partial charge in [0.1, 0.15) is 11.6 Å². The van der Waals surface area contributed by atoms with Crippen molar-refractivity contribution in [2.75, 3.05) is 0 Å².